The van der Waals surface area contributed by atoms with Crippen LogP contribution in [-0.2, 0) is 20.9 Å². The molecule has 2 aromatic carbocycles. The average molecular weight is 513 g/mol. The van der Waals surface area contributed by atoms with Crippen molar-refractivity contribution in [2.75, 3.05) is 23.8 Å². The second-order valence-corrected chi connectivity index (χ2v) is 9.23. The summed E-state index contributed by atoms with van der Waals surface area (Å²) in [6.45, 7) is -1.34. The molecule has 2 atom stereocenters. The molecule has 1 fully saturated rings. The molecule has 0 radical (unpaired) electrons. The first-order valence-electron chi connectivity index (χ1n) is 9.95. The highest BCUT2D eigenvalue weighted by Crippen LogP contribution is 2.35. The predicted octanol–water partition coefficient (Wildman–Crippen LogP) is 4.20. The highest BCUT2D eigenvalue weighted by atomic mass is 32.2. The summed E-state index contributed by atoms with van der Waals surface area (Å²) in [4.78, 5) is -0.507. The smallest absolute Gasteiger partial charge is 0.373 e. The number of alkyl halides is 6. The van der Waals surface area contributed by atoms with Gasteiger partial charge in [0.05, 0.1) is 16.6 Å². The lowest BCUT2D eigenvalue weighted by Crippen LogP contribution is -2.34. The normalized spacial score (nSPS) is 18.0. The fourth-order valence-corrected chi connectivity index (χ4v) is 4.36. The Morgan fingerprint density at radius 3 is 2.41 bits per heavy atom. The number of hydrogen-bond acceptors (Lipinski definition) is 6. The number of ether oxygens (including phenoxy) is 1. The number of nitrogens with one attached hydrogen (secondary N) is 3. The zero-order valence-corrected chi connectivity index (χ0v) is 18.2. The third kappa shape index (κ3) is 6.98. The minimum absolute atomic E-state index is 0.0220. The quantitative estimate of drug-likeness (QED) is 0.312. The number of aliphatic hydroxyl groups excluding tert-OH is 1. The fourth-order valence-electron chi connectivity index (χ4n) is 3.32. The molecular weight excluding hydrogens is 492 g/mol. The number of aliphatic hydroxyl groups is 1. The van der Waals surface area contributed by atoms with E-state index in [1.807, 2.05) is 0 Å². The van der Waals surface area contributed by atoms with Crippen molar-refractivity contribution in [2.24, 2.45) is 0 Å². The van der Waals surface area contributed by atoms with Crippen molar-refractivity contribution < 1.29 is 44.6 Å². The molecule has 7 nitrogen and oxygen atoms in total. The van der Waals surface area contributed by atoms with Crippen LogP contribution < -0.4 is 15.4 Å². The van der Waals surface area contributed by atoms with Crippen molar-refractivity contribution >= 4 is 21.4 Å². The Balaban J connectivity index is 1.85. The SMILES string of the molecule is O=S(=O)(NCC(F)(F)F)c1ccc(C2CCCO2)c(NC(O)Nc2cccc(C(F)(F)F)c2)c1. The predicted molar refractivity (Wildman–Crippen MR) is 110 cm³/mol. The van der Waals surface area contributed by atoms with E-state index in [2.05, 4.69) is 10.6 Å². The maximum Gasteiger partial charge on any atom is 0.416 e. The zero-order valence-electron chi connectivity index (χ0n) is 17.4. The van der Waals surface area contributed by atoms with Gasteiger partial charge in [-0.15, -0.1) is 0 Å². The molecule has 0 spiro atoms. The third-order valence-corrected chi connectivity index (χ3v) is 6.26. The van der Waals surface area contributed by atoms with Gasteiger partial charge in [0.25, 0.3) is 0 Å². The Bertz CT molecular complexity index is 1100. The van der Waals surface area contributed by atoms with Gasteiger partial charge in [-0.25, -0.2) is 13.1 Å². The molecule has 0 bridgehead atoms. The van der Waals surface area contributed by atoms with E-state index in [1.165, 1.54) is 16.9 Å². The molecule has 3 rings (SSSR count). The van der Waals surface area contributed by atoms with E-state index in [1.54, 1.807) is 0 Å². The van der Waals surface area contributed by atoms with Gasteiger partial charge in [-0.05, 0) is 43.2 Å². The van der Waals surface area contributed by atoms with Gasteiger partial charge in [0.1, 0.15) is 6.54 Å². The van der Waals surface area contributed by atoms with Gasteiger partial charge in [0.2, 0.25) is 16.4 Å². The van der Waals surface area contributed by atoms with E-state index in [0.29, 0.717) is 25.0 Å². The molecule has 34 heavy (non-hydrogen) atoms. The van der Waals surface area contributed by atoms with Gasteiger partial charge in [0, 0.05) is 23.5 Å². The Kier molecular flexibility index (Phi) is 7.65. The lowest BCUT2D eigenvalue weighted by atomic mass is 10.0. The number of sulfonamides is 1. The average Bonchev–Trinajstić information content (AvgIpc) is 3.26. The van der Waals surface area contributed by atoms with Crippen LogP contribution in [0, 0.1) is 0 Å². The van der Waals surface area contributed by atoms with E-state index >= 15 is 0 Å². The number of halogens is 6. The van der Waals surface area contributed by atoms with Crippen molar-refractivity contribution in [1.29, 1.82) is 0 Å². The monoisotopic (exact) mass is 513 g/mol. The van der Waals surface area contributed by atoms with E-state index in [-0.39, 0.29) is 11.4 Å². The van der Waals surface area contributed by atoms with Crippen LogP contribution in [-0.4, -0.2) is 39.2 Å². The number of anilines is 2. The van der Waals surface area contributed by atoms with E-state index in [4.69, 9.17) is 4.74 Å². The van der Waals surface area contributed by atoms with Crippen LogP contribution in [0.2, 0.25) is 0 Å². The van der Waals surface area contributed by atoms with Crippen LogP contribution in [0.5, 0.6) is 0 Å². The fraction of sp³-hybridized carbons (Fsp3) is 0.400. The summed E-state index contributed by atoms with van der Waals surface area (Å²) in [6, 6.07) is 7.51. The largest absolute Gasteiger partial charge is 0.416 e. The summed E-state index contributed by atoms with van der Waals surface area (Å²) in [6.07, 6.45) is -10.2. The van der Waals surface area contributed by atoms with Crippen molar-refractivity contribution in [1.82, 2.24) is 4.72 Å². The van der Waals surface area contributed by atoms with Crippen molar-refractivity contribution in [3.8, 4) is 0 Å². The number of hydrogen-bond donors (Lipinski definition) is 4. The summed E-state index contributed by atoms with van der Waals surface area (Å²) >= 11 is 0. The second kappa shape index (κ2) is 9.98. The first-order chi connectivity index (χ1) is 15.7. The maximum atomic E-state index is 12.9. The highest BCUT2D eigenvalue weighted by molar-refractivity contribution is 7.89. The summed E-state index contributed by atoms with van der Waals surface area (Å²) in [5, 5.41) is 15.3. The van der Waals surface area contributed by atoms with E-state index in [0.717, 1.165) is 30.3 Å². The lowest BCUT2D eigenvalue weighted by molar-refractivity contribution is -0.137. The molecule has 1 heterocycles. The highest BCUT2D eigenvalue weighted by Gasteiger charge is 2.32. The maximum absolute atomic E-state index is 12.9. The molecule has 2 unspecified atom stereocenters. The molecular formula is C20H21F6N3O4S. The molecule has 1 saturated heterocycles. The van der Waals surface area contributed by atoms with Crippen molar-refractivity contribution in [2.45, 2.75) is 42.5 Å². The van der Waals surface area contributed by atoms with Gasteiger partial charge in [-0.1, -0.05) is 12.1 Å². The molecule has 0 aliphatic carbocycles. The number of benzene rings is 2. The topological polar surface area (TPSA) is 99.7 Å². The molecule has 0 saturated carbocycles. The molecule has 14 heteroatoms. The number of rotatable bonds is 8. The van der Waals surface area contributed by atoms with Gasteiger partial charge < -0.3 is 20.5 Å². The summed E-state index contributed by atoms with van der Waals surface area (Å²) in [5.41, 5.74) is -0.580. The summed E-state index contributed by atoms with van der Waals surface area (Å²) in [5.74, 6) is 0. The minimum atomic E-state index is -4.77. The first kappa shape index (κ1) is 26.1. The van der Waals surface area contributed by atoms with Crippen LogP contribution in [0.1, 0.15) is 30.1 Å². The lowest BCUT2D eigenvalue weighted by Gasteiger charge is -2.22. The first-order valence-corrected chi connectivity index (χ1v) is 11.4. The molecule has 188 valence electrons. The van der Waals surface area contributed by atoms with Crippen LogP contribution >= 0.6 is 0 Å². The Hall–Kier alpha value is -2.55. The van der Waals surface area contributed by atoms with Gasteiger partial charge in [-0.2, -0.15) is 26.3 Å². The molecule has 4 N–H and O–H groups in total. The Labute approximate surface area is 191 Å². The van der Waals surface area contributed by atoms with Crippen LogP contribution in [0.4, 0.5) is 37.7 Å². The van der Waals surface area contributed by atoms with E-state index < -0.39 is 51.8 Å². The summed E-state index contributed by atoms with van der Waals surface area (Å²) < 4.78 is 108. The Morgan fingerprint density at radius 2 is 1.79 bits per heavy atom. The van der Waals surface area contributed by atoms with Crippen LogP contribution in [0.3, 0.4) is 0 Å². The zero-order chi connectivity index (χ0) is 25.1. The van der Waals surface area contributed by atoms with Crippen molar-refractivity contribution in [3.05, 3.63) is 53.6 Å². The Morgan fingerprint density at radius 1 is 1.06 bits per heavy atom. The van der Waals surface area contributed by atoms with Gasteiger partial charge in [0.15, 0.2) is 0 Å². The third-order valence-electron chi connectivity index (χ3n) is 4.86. The van der Waals surface area contributed by atoms with Crippen molar-refractivity contribution in [3.63, 3.8) is 0 Å². The van der Waals surface area contributed by atoms with E-state index in [9.17, 15) is 39.9 Å². The molecule has 1 aliphatic heterocycles. The van der Waals surface area contributed by atoms with Crippen LogP contribution in [0.15, 0.2) is 47.4 Å². The standard InChI is InChI=1S/C20H21F6N3O4S/c21-19(22,23)11-27-34(31,32)14-6-7-15(17-5-2-8-33-17)16(10-14)29-18(30)28-13-4-1-3-12(9-13)20(24,25)26/h1,3-4,6-7,9-10,17-18,27-30H,2,5,8,11H2. The van der Waals surface area contributed by atoms with Gasteiger partial charge in [-0.3, -0.25) is 0 Å². The van der Waals surface area contributed by atoms with Gasteiger partial charge >= 0.3 is 12.4 Å². The summed E-state index contributed by atoms with van der Waals surface area (Å²) in [7, 11) is -4.55. The molecule has 0 amide bonds. The minimum Gasteiger partial charge on any atom is -0.373 e. The molecule has 0 aromatic heterocycles. The van der Waals surface area contributed by atoms with Crippen LogP contribution in [0.25, 0.3) is 0 Å². The molecule has 1 aliphatic rings. The second-order valence-electron chi connectivity index (χ2n) is 7.46. The molecule has 2 aromatic rings.